The van der Waals surface area contributed by atoms with Gasteiger partial charge in [0, 0.05) is 13.5 Å². The van der Waals surface area contributed by atoms with Crippen molar-refractivity contribution in [2.45, 2.75) is 33.2 Å². The molecule has 2 rings (SSSR count). The van der Waals surface area contributed by atoms with Crippen LogP contribution >= 0.6 is 0 Å². The van der Waals surface area contributed by atoms with E-state index in [1.54, 1.807) is 13.8 Å². The molecule has 1 N–H and O–H groups in total. The minimum Gasteiger partial charge on any atom is -0.480 e. The number of aromatic nitrogens is 1. The molecule has 6 heteroatoms. The van der Waals surface area contributed by atoms with E-state index in [4.69, 9.17) is 4.42 Å². The molecule has 1 amide bonds. The fourth-order valence-corrected chi connectivity index (χ4v) is 2.41. The van der Waals surface area contributed by atoms with E-state index in [0.29, 0.717) is 24.6 Å². The van der Waals surface area contributed by atoms with Crippen molar-refractivity contribution >= 4 is 11.9 Å². The summed E-state index contributed by atoms with van der Waals surface area (Å²) in [4.78, 5) is 28.9. The van der Waals surface area contributed by atoms with Gasteiger partial charge in [-0.05, 0) is 19.3 Å². The number of likely N-dealkylation sites (tertiary alicyclic amines) is 1. The van der Waals surface area contributed by atoms with Gasteiger partial charge >= 0.3 is 5.97 Å². The van der Waals surface area contributed by atoms with E-state index >= 15 is 0 Å². The van der Waals surface area contributed by atoms with E-state index in [9.17, 15) is 14.7 Å². The van der Waals surface area contributed by atoms with E-state index in [-0.39, 0.29) is 17.6 Å². The molecule has 2 atom stereocenters. The molecule has 0 radical (unpaired) electrons. The van der Waals surface area contributed by atoms with Crippen LogP contribution in [-0.4, -0.2) is 39.5 Å². The van der Waals surface area contributed by atoms with Crippen LogP contribution in [0.25, 0.3) is 0 Å². The fraction of sp³-hybridized carbons (Fsp3) is 0.583. The maximum absolute atomic E-state index is 12.3. The van der Waals surface area contributed by atoms with Gasteiger partial charge < -0.3 is 14.4 Å². The lowest BCUT2D eigenvalue weighted by Crippen LogP contribution is -2.42. The van der Waals surface area contributed by atoms with Crippen molar-refractivity contribution in [1.29, 1.82) is 0 Å². The Morgan fingerprint density at radius 3 is 2.61 bits per heavy atom. The fourth-order valence-electron chi connectivity index (χ4n) is 2.41. The number of aryl methyl sites for hydroxylation is 2. The van der Waals surface area contributed by atoms with E-state index in [0.717, 1.165) is 0 Å². The minimum absolute atomic E-state index is 0.0456. The molecular weight excluding hydrogens is 236 g/mol. The molecule has 0 aromatic carbocycles. The molecule has 1 aromatic heterocycles. The largest absolute Gasteiger partial charge is 0.480 e. The minimum atomic E-state index is -0.970. The van der Waals surface area contributed by atoms with Gasteiger partial charge in [0.25, 0.3) is 5.91 Å². The van der Waals surface area contributed by atoms with Gasteiger partial charge in [-0.1, -0.05) is 6.92 Å². The van der Waals surface area contributed by atoms with E-state index in [2.05, 4.69) is 4.98 Å². The third-order valence-electron chi connectivity index (χ3n) is 3.31. The third kappa shape index (κ3) is 1.98. The van der Waals surface area contributed by atoms with Crippen LogP contribution in [0.3, 0.4) is 0 Å². The highest BCUT2D eigenvalue weighted by Gasteiger charge is 2.41. The molecule has 1 aliphatic rings. The second-order valence-corrected chi connectivity index (χ2v) is 4.69. The highest BCUT2D eigenvalue weighted by molar-refractivity contribution is 5.95. The Bertz CT molecular complexity index is 494. The van der Waals surface area contributed by atoms with Crippen molar-refractivity contribution < 1.29 is 19.1 Å². The SMILES string of the molecule is Cc1nc(C)c(C(=O)N2CCC(C)C2C(=O)O)o1. The molecular formula is C12H16N2O4. The number of aliphatic carboxylic acids is 1. The van der Waals surface area contributed by atoms with Crippen LogP contribution in [0.1, 0.15) is 35.5 Å². The van der Waals surface area contributed by atoms with Gasteiger partial charge in [-0.25, -0.2) is 9.78 Å². The molecule has 98 valence electrons. The number of rotatable bonds is 2. The van der Waals surface area contributed by atoms with Crippen LogP contribution in [0.4, 0.5) is 0 Å². The van der Waals surface area contributed by atoms with Gasteiger partial charge in [0.2, 0.25) is 5.76 Å². The summed E-state index contributed by atoms with van der Waals surface area (Å²) in [6.07, 6.45) is 0.689. The first-order valence-electron chi connectivity index (χ1n) is 5.89. The zero-order valence-electron chi connectivity index (χ0n) is 10.6. The van der Waals surface area contributed by atoms with Crippen LogP contribution in [0.2, 0.25) is 0 Å². The molecule has 1 saturated heterocycles. The summed E-state index contributed by atoms with van der Waals surface area (Å²) in [6, 6.07) is -0.776. The zero-order valence-corrected chi connectivity index (χ0v) is 10.6. The summed E-state index contributed by atoms with van der Waals surface area (Å²) in [5, 5.41) is 9.18. The lowest BCUT2D eigenvalue weighted by Gasteiger charge is -2.22. The molecule has 1 aliphatic heterocycles. The highest BCUT2D eigenvalue weighted by Crippen LogP contribution is 2.26. The summed E-state index contributed by atoms with van der Waals surface area (Å²) in [5.74, 6) is -0.842. The average molecular weight is 252 g/mol. The number of hydrogen-bond acceptors (Lipinski definition) is 4. The molecule has 2 heterocycles. The smallest absolute Gasteiger partial charge is 0.326 e. The molecule has 1 aromatic rings. The number of carboxylic acid groups (broad SMARTS) is 1. The van der Waals surface area contributed by atoms with E-state index in [1.807, 2.05) is 6.92 Å². The first kappa shape index (κ1) is 12.6. The summed E-state index contributed by atoms with van der Waals surface area (Å²) >= 11 is 0. The number of carbonyl (C=O) groups excluding carboxylic acids is 1. The van der Waals surface area contributed by atoms with Crippen LogP contribution in [0.15, 0.2) is 4.42 Å². The monoisotopic (exact) mass is 252 g/mol. The van der Waals surface area contributed by atoms with Crippen molar-refractivity contribution in [3.05, 3.63) is 17.3 Å². The second kappa shape index (κ2) is 4.44. The van der Waals surface area contributed by atoms with Gasteiger partial charge in [-0.3, -0.25) is 4.79 Å². The number of hydrogen-bond donors (Lipinski definition) is 1. The lowest BCUT2D eigenvalue weighted by molar-refractivity contribution is -0.142. The summed E-state index contributed by atoms with van der Waals surface area (Å²) in [5.41, 5.74) is 0.501. The van der Waals surface area contributed by atoms with Gasteiger partial charge in [0.1, 0.15) is 6.04 Å². The van der Waals surface area contributed by atoms with Crippen LogP contribution in [-0.2, 0) is 4.79 Å². The molecule has 6 nitrogen and oxygen atoms in total. The Hall–Kier alpha value is -1.85. The van der Waals surface area contributed by atoms with Crippen molar-refractivity contribution in [2.24, 2.45) is 5.92 Å². The Kier molecular flexibility index (Phi) is 3.11. The van der Waals surface area contributed by atoms with Crippen molar-refractivity contribution in [1.82, 2.24) is 9.88 Å². The molecule has 18 heavy (non-hydrogen) atoms. The summed E-state index contributed by atoms with van der Waals surface area (Å²) < 4.78 is 5.26. The zero-order chi connectivity index (χ0) is 13.4. The average Bonchev–Trinajstić information content (AvgIpc) is 2.80. The standard InChI is InChI=1S/C12H16N2O4/c1-6-4-5-14(9(6)12(16)17)11(15)10-7(2)13-8(3)18-10/h6,9H,4-5H2,1-3H3,(H,16,17). The Morgan fingerprint density at radius 1 is 1.44 bits per heavy atom. The van der Waals surface area contributed by atoms with Crippen LogP contribution in [0.5, 0.6) is 0 Å². The maximum Gasteiger partial charge on any atom is 0.326 e. The Balaban J connectivity index is 2.29. The molecule has 1 fully saturated rings. The summed E-state index contributed by atoms with van der Waals surface area (Å²) in [6.45, 7) is 5.62. The number of carbonyl (C=O) groups is 2. The lowest BCUT2D eigenvalue weighted by atomic mass is 10.0. The van der Waals surface area contributed by atoms with Gasteiger partial charge in [0.05, 0.1) is 5.69 Å². The number of nitrogens with zero attached hydrogens (tertiary/aromatic N) is 2. The number of amides is 1. The van der Waals surface area contributed by atoms with Gasteiger partial charge in [-0.2, -0.15) is 0 Å². The van der Waals surface area contributed by atoms with E-state index < -0.39 is 12.0 Å². The number of carboxylic acids is 1. The molecule has 0 saturated carbocycles. The van der Waals surface area contributed by atoms with Crippen molar-refractivity contribution in [2.75, 3.05) is 6.54 Å². The third-order valence-corrected chi connectivity index (χ3v) is 3.31. The highest BCUT2D eigenvalue weighted by atomic mass is 16.4. The molecule has 0 spiro atoms. The van der Waals surface area contributed by atoms with E-state index in [1.165, 1.54) is 4.90 Å². The molecule has 0 bridgehead atoms. The molecule has 2 unspecified atom stereocenters. The normalized spacial score (nSPS) is 23.4. The first-order chi connectivity index (χ1) is 8.41. The summed E-state index contributed by atoms with van der Waals surface area (Å²) in [7, 11) is 0. The van der Waals surface area contributed by atoms with Crippen LogP contribution < -0.4 is 0 Å². The predicted octanol–water partition coefficient (Wildman–Crippen LogP) is 1.23. The molecule has 0 aliphatic carbocycles. The van der Waals surface area contributed by atoms with Crippen molar-refractivity contribution in [3.8, 4) is 0 Å². The Labute approximate surface area is 105 Å². The van der Waals surface area contributed by atoms with Crippen molar-refractivity contribution in [3.63, 3.8) is 0 Å². The Morgan fingerprint density at radius 2 is 2.11 bits per heavy atom. The van der Waals surface area contributed by atoms with Gasteiger partial charge in [0.15, 0.2) is 5.89 Å². The number of oxazole rings is 1. The predicted molar refractivity (Wildman–Crippen MR) is 62.2 cm³/mol. The van der Waals surface area contributed by atoms with Gasteiger partial charge in [-0.15, -0.1) is 0 Å². The second-order valence-electron chi connectivity index (χ2n) is 4.69. The maximum atomic E-state index is 12.3. The topological polar surface area (TPSA) is 83.6 Å². The van der Waals surface area contributed by atoms with Crippen LogP contribution in [0, 0.1) is 19.8 Å². The first-order valence-corrected chi connectivity index (χ1v) is 5.89. The quantitative estimate of drug-likeness (QED) is 0.855.